The lowest BCUT2D eigenvalue weighted by Crippen LogP contribution is -2.52. The van der Waals surface area contributed by atoms with Gasteiger partial charge in [0.15, 0.2) is 0 Å². The highest BCUT2D eigenvalue weighted by Crippen LogP contribution is 2.35. The number of ether oxygens (including phenoxy) is 1. The van der Waals surface area contributed by atoms with Gasteiger partial charge in [-0.2, -0.15) is 5.10 Å². The average Bonchev–Trinajstić information content (AvgIpc) is 3.22. The first-order valence-electron chi connectivity index (χ1n) is 8.70. The number of methoxy groups -OCH3 is 1. The second-order valence-corrected chi connectivity index (χ2v) is 6.74. The van der Waals surface area contributed by atoms with Crippen LogP contribution in [0.5, 0.6) is 5.88 Å². The van der Waals surface area contributed by atoms with Crippen molar-refractivity contribution < 1.29 is 9.53 Å². The first-order valence-corrected chi connectivity index (χ1v) is 8.70. The van der Waals surface area contributed by atoms with Gasteiger partial charge in [-0.3, -0.25) is 14.4 Å². The average molecular weight is 341 g/mol. The van der Waals surface area contributed by atoms with Crippen LogP contribution < -0.4 is 9.64 Å². The number of pyridine rings is 1. The molecule has 0 N–H and O–H groups in total. The van der Waals surface area contributed by atoms with Crippen LogP contribution in [0.4, 0.5) is 5.69 Å². The van der Waals surface area contributed by atoms with Crippen LogP contribution in [0.25, 0.3) is 0 Å². The Bertz CT molecular complexity index is 774. The summed E-state index contributed by atoms with van der Waals surface area (Å²) in [6.07, 6.45) is 7.92. The van der Waals surface area contributed by atoms with Crippen molar-refractivity contribution in [3.05, 3.63) is 36.3 Å². The fraction of sp³-hybridized carbons (Fsp3) is 0.500. The number of likely N-dealkylation sites (tertiary alicyclic amines) is 1. The van der Waals surface area contributed by atoms with Gasteiger partial charge in [0.1, 0.15) is 0 Å². The highest BCUT2D eigenvalue weighted by atomic mass is 16.5. The Morgan fingerprint density at radius 2 is 2.20 bits per heavy atom. The van der Waals surface area contributed by atoms with E-state index in [-0.39, 0.29) is 11.9 Å². The first-order chi connectivity index (χ1) is 12.2. The molecule has 7 heteroatoms. The van der Waals surface area contributed by atoms with Gasteiger partial charge in [0.2, 0.25) is 11.8 Å². The highest BCUT2D eigenvalue weighted by molar-refractivity contribution is 5.94. The van der Waals surface area contributed by atoms with Crippen molar-refractivity contribution in [2.75, 3.05) is 18.6 Å². The fourth-order valence-corrected chi connectivity index (χ4v) is 4.16. The molecule has 2 aliphatic heterocycles. The van der Waals surface area contributed by atoms with Crippen molar-refractivity contribution in [2.45, 2.75) is 37.9 Å². The lowest BCUT2D eigenvalue weighted by molar-refractivity contribution is -0.120. The number of fused-ring (bicyclic) bond motifs is 1. The van der Waals surface area contributed by atoms with E-state index in [1.54, 1.807) is 24.2 Å². The quantitative estimate of drug-likeness (QED) is 0.845. The van der Waals surface area contributed by atoms with Crippen molar-refractivity contribution in [2.24, 2.45) is 7.05 Å². The number of hydrogen-bond acceptors (Lipinski definition) is 5. The molecule has 4 heterocycles. The predicted molar refractivity (Wildman–Crippen MR) is 93.3 cm³/mol. The van der Waals surface area contributed by atoms with Gasteiger partial charge in [-0.25, -0.2) is 4.98 Å². The first kappa shape index (κ1) is 16.1. The van der Waals surface area contributed by atoms with Gasteiger partial charge in [0.25, 0.3) is 0 Å². The number of carbonyl (C=O) groups excluding carboxylic acids is 1. The maximum Gasteiger partial charge on any atom is 0.227 e. The number of nitrogens with zero attached hydrogens (tertiary/aromatic N) is 5. The molecular formula is C18H23N5O2. The van der Waals surface area contributed by atoms with Crippen molar-refractivity contribution >= 4 is 11.6 Å². The molecule has 25 heavy (non-hydrogen) atoms. The molecular weight excluding hydrogens is 318 g/mol. The second kappa shape index (κ2) is 6.48. The summed E-state index contributed by atoms with van der Waals surface area (Å²) in [6, 6.07) is 4.58. The number of anilines is 1. The summed E-state index contributed by atoms with van der Waals surface area (Å²) in [7, 11) is 3.53. The molecule has 2 fully saturated rings. The van der Waals surface area contributed by atoms with E-state index in [1.165, 1.54) is 0 Å². The summed E-state index contributed by atoms with van der Waals surface area (Å²) < 4.78 is 7.14. The molecule has 2 saturated heterocycles. The third-order valence-corrected chi connectivity index (χ3v) is 5.27. The van der Waals surface area contributed by atoms with Crippen molar-refractivity contribution in [1.29, 1.82) is 0 Å². The lowest BCUT2D eigenvalue weighted by atomic mass is 9.95. The van der Waals surface area contributed by atoms with Crippen LogP contribution in [0.2, 0.25) is 0 Å². The van der Waals surface area contributed by atoms with Crippen molar-refractivity contribution in [3.8, 4) is 5.88 Å². The summed E-state index contributed by atoms with van der Waals surface area (Å²) in [5.74, 6) is 0.886. The molecule has 132 valence electrons. The summed E-state index contributed by atoms with van der Waals surface area (Å²) >= 11 is 0. The smallest absolute Gasteiger partial charge is 0.227 e. The number of piperidine rings is 1. The molecule has 0 aromatic carbocycles. The van der Waals surface area contributed by atoms with Crippen molar-refractivity contribution in [1.82, 2.24) is 19.7 Å². The summed E-state index contributed by atoms with van der Waals surface area (Å²) in [5.41, 5.74) is 2.00. The molecule has 2 aromatic rings. The normalized spacial score (nSPS) is 23.8. The predicted octanol–water partition coefficient (Wildman–Crippen LogP) is 1.59. The van der Waals surface area contributed by atoms with Crippen LogP contribution in [-0.4, -0.2) is 51.3 Å². The standard InChI is InChI=1S/C18H23N5O2/c1-21-12-14(10-20-21)23-16-7-9-22(15(16)5-6-17(23)24)11-13-4-3-8-19-18(13)25-2/h3-4,8,10,12,15-16H,5-7,9,11H2,1-2H3/t15-,16-/m0/s1. The van der Waals surface area contributed by atoms with E-state index in [1.807, 2.05) is 24.2 Å². The van der Waals surface area contributed by atoms with Crippen LogP contribution in [0.3, 0.4) is 0 Å². The van der Waals surface area contributed by atoms with E-state index >= 15 is 0 Å². The number of amides is 1. The summed E-state index contributed by atoms with van der Waals surface area (Å²) in [5, 5.41) is 4.23. The molecule has 1 amide bonds. The molecule has 0 aliphatic carbocycles. The Morgan fingerprint density at radius 1 is 1.32 bits per heavy atom. The largest absolute Gasteiger partial charge is 0.481 e. The molecule has 7 nitrogen and oxygen atoms in total. The van der Waals surface area contributed by atoms with E-state index in [0.717, 1.165) is 37.2 Å². The van der Waals surface area contributed by atoms with Crippen LogP contribution in [0.15, 0.2) is 30.7 Å². The van der Waals surface area contributed by atoms with Gasteiger partial charge in [0.05, 0.1) is 25.0 Å². The van der Waals surface area contributed by atoms with Gasteiger partial charge < -0.3 is 9.64 Å². The SMILES string of the molecule is COc1ncccc1CN1CC[C@H]2[C@@H]1CCC(=O)N2c1cnn(C)c1. The Labute approximate surface area is 147 Å². The van der Waals surface area contributed by atoms with Crippen LogP contribution >= 0.6 is 0 Å². The van der Waals surface area contributed by atoms with E-state index in [2.05, 4.69) is 21.0 Å². The van der Waals surface area contributed by atoms with Crippen molar-refractivity contribution in [3.63, 3.8) is 0 Å². The molecule has 0 saturated carbocycles. The monoisotopic (exact) mass is 341 g/mol. The number of rotatable bonds is 4. The molecule has 0 radical (unpaired) electrons. The maximum atomic E-state index is 12.6. The number of aromatic nitrogens is 3. The molecule has 0 unspecified atom stereocenters. The van der Waals surface area contributed by atoms with E-state index in [9.17, 15) is 4.79 Å². The van der Waals surface area contributed by atoms with Crippen LogP contribution in [0, 0.1) is 0 Å². The highest BCUT2D eigenvalue weighted by Gasteiger charge is 2.44. The zero-order valence-electron chi connectivity index (χ0n) is 14.6. The molecule has 4 rings (SSSR count). The number of carbonyl (C=O) groups is 1. The van der Waals surface area contributed by atoms with Crippen LogP contribution in [0.1, 0.15) is 24.8 Å². The summed E-state index contributed by atoms with van der Waals surface area (Å²) in [6.45, 7) is 1.77. The maximum absolute atomic E-state index is 12.6. The zero-order chi connectivity index (χ0) is 17.4. The Hall–Kier alpha value is -2.41. The van der Waals surface area contributed by atoms with E-state index in [4.69, 9.17) is 4.74 Å². The Morgan fingerprint density at radius 3 is 2.96 bits per heavy atom. The molecule has 2 atom stereocenters. The second-order valence-electron chi connectivity index (χ2n) is 6.74. The van der Waals surface area contributed by atoms with Gasteiger partial charge in [-0.1, -0.05) is 6.07 Å². The van der Waals surface area contributed by atoms with E-state index < -0.39 is 0 Å². The molecule has 0 spiro atoms. The Balaban J connectivity index is 1.56. The van der Waals surface area contributed by atoms with Crippen LogP contribution in [-0.2, 0) is 18.4 Å². The minimum Gasteiger partial charge on any atom is -0.481 e. The third kappa shape index (κ3) is 2.89. The number of hydrogen-bond donors (Lipinski definition) is 0. The minimum atomic E-state index is 0.204. The summed E-state index contributed by atoms with van der Waals surface area (Å²) in [4.78, 5) is 21.3. The number of aryl methyl sites for hydroxylation is 1. The zero-order valence-corrected chi connectivity index (χ0v) is 14.6. The van der Waals surface area contributed by atoms with Gasteiger partial charge in [-0.15, -0.1) is 0 Å². The minimum absolute atomic E-state index is 0.204. The van der Waals surface area contributed by atoms with Gasteiger partial charge >= 0.3 is 0 Å². The van der Waals surface area contributed by atoms with E-state index in [0.29, 0.717) is 18.3 Å². The lowest BCUT2D eigenvalue weighted by Gasteiger charge is -2.39. The van der Waals surface area contributed by atoms with Gasteiger partial charge in [0, 0.05) is 50.6 Å². The molecule has 2 aromatic heterocycles. The Kier molecular flexibility index (Phi) is 4.17. The topological polar surface area (TPSA) is 63.5 Å². The van der Waals surface area contributed by atoms with Gasteiger partial charge in [-0.05, 0) is 18.9 Å². The molecule has 0 bridgehead atoms. The third-order valence-electron chi connectivity index (χ3n) is 5.27. The fourth-order valence-electron chi connectivity index (χ4n) is 4.16. The molecule has 2 aliphatic rings.